The average molecular weight is 440 g/mol. The van der Waals surface area contributed by atoms with Crippen LogP contribution in [0.2, 0.25) is 0 Å². The minimum atomic E-state index is -3.25. The van der Waals surface area contributed by atoms with Gasteiger partial charge in [0.05, 0.1) is 10.6 Å². The van der Waals surface area contributed by atoms with Crippen molar-refractivity contribution in [2.24, 2.45) is 5.73 Å². The van der Waals surface area contributed by atoms with Crippen LogP contribution in [0, 0.1) is 6.92 Å². The summed E-state index contributed by atoms with van der Waals surface area (Å²) in [6, 6.07) is 18.7. The zero-order chi connectivity index (χ0) is 22.6. The van der Waals surface area contributed by atoms with Gasteiger partial charge in [-0.2, -0.15) is 0 Å². The number of amides is 2. The number of hydrogen-bond donors (Lipinski definition) is 1. The normalized spacial score (nSPS) is 11.5. The molecule has 0 atom stereocenters. The maximum Gasteiger partial charge on any atom is 0.314 e. The minimum Gasteiger partial charge on any atom is -0.351 e. The van der Waals surface area contributed by atoms with Crippen molar-refractivity contribution in [3.8, 4) is 16.9 Å². The third kappa shape index (κ3) is 5.17. The predicted molar refractivity (Wildman–Crippen MR) is 124 cm³/mol. The van der Waals surface area contributed by atoms with Gasteiger partial charge in [0.1, 0.15) is 0 Å². The van der Waals surface area contributed by atoms with E-state index in [2.05, 4.69) is 17.6 Å². The quantitative estimate of drug-likeness (QED) is 0.571. The lowest BCUT2D eigenvalue weighted by molar-refractivity contribution is 0.208. The van der Waals surface area contributed by atoms with E-state index in [4.69, 9.17) is 5.73 Å². The molecule has 1 aromatic heterocycles. The molecule has 1 heterocycles. The van der Waals surface area contributed by atoms with Gasteiger partial charge in [0.25, 0.3) is 0 Å². The SMILES string of the molecule is CCCN(CCc1cc(-c2ccc(S(C)(=O)=O)cc2)n(-c2ccccc2)c1C)C(N)=O. The number of aromatic nitrogens is 1. The number of carbonyl (C=O) groups excluding carboxylic acids is 1. The molecule has 31 heavy (non-hydrogen) atoms. The summed E-state index contributed by atoms with van der Waals surface area (Å²) in [5.74, 6) is 0. The smallest absolute Gasteiger partial charge is 0.314 e. The number of nitrogens with two attached hydrogens (primary N) is 1. The lowest BCUT2D eigenvalue weighted by atomic mass is 10.1. The van der Waals surface area contributed by atoms with Gasteiger partial charge in [-0.25, -0.2) is 13.2 Å². The molecule has 0 fully saturated rings. The Morgan fingerprint density at radius 1 is 1.03 bits per heavy atom. The van der Waals surface area contributed by atoms with Crippen LogP contribution in [0.25, 0.3) is 16.9 Å². The van der Waals surface area contributed by atoms with E-state index in [1.165, 1.54) is 6.26 Å². The van der Waals surface area contributed by atoms with Crippen molar-refractivity contribution in [3.05, 3.63) is 71.9 Å². The summed E-state index contributed by atoms with van der Waals surface area (Å²) in [6.07, 6.45) is 2.74. The van der Waals surface area contributed by atoms with Gasteiger partial charge in [0.15, 0.2) is 9.84 Å². The number of rotatable bonds is 8. The number of nitrogens with zero attached hydrogens (tertiary/aromatic N) is 2. The molecule has 0 bridgehead atoms. The van der Waals surface area contributed by atoms with Crippen LogP contribution in [-0.4, -0.2) is 43.3 Å². The van der Waals surface area contributed by atoms with Gasteiger partial charge < -0.3 is 15.2 Å². The molecule has 7 heteroatoms. The second-order valence-electron chi connectivity index (χ2n) is 7.68. The van der Waals surface area contributed by atoms with Crippen LogP contribution in [-0.2, 0) is 16.3 Å². The van der Waals surface area contributed by atoms with Crippen LogP contribution in [0.5, 0.6) is 0 Å². The van der Waals surface area contributed by atoms with Crippen LogP contribution in [0.1, 0.15) is 24.6 Å². The van der Waals surface area contributed by atoms with E-state index in [9.17, 15) is 13.2 Å². The van der Waals surface area contributed by atoms with Crippen LogP contribution in [0.3, 0.4) is 0 Å². The Morgan fingerprint density at radius 2 is 1.68 bits per heavy atom. The highest BCUT2D eigenvalue weighted by atomic mass is 32.2. The summed E-state index contributed by atoms with van der Waals surface area (Å²) in [5.41, 5.74) is 10.6. The molecule has 6 nitrogen and oxygen atoms in total. The van der Waals surface area contributed by atoms with Gasteiger partial charge in [-0.1, -0.05) is 37.3 Å². The molecule has 0 aliphatic rings. The largest absolute Gasteiger partial charge is 0.351 e. The Hall–Kier alpha value is -3.06. The molecular weight excluding hydrogens is 410 g/mol. The van der Waals surface area contributed by atoms with Crippen LogP contribution < -0.4 is 5.73 Å². The number of carbonyl (C=O) groups is 1. The molecule has 2 N–H and O–H groups in total. The second-order valence-corrected chi connectivity index (χ2v) is 9.70. The van der Waals surface area contributed by atoms with Gasteiger partial charge >= 0.3 is 6.03 Å². The third-order valence-corrected chi connectivity index (χ3v) is 6.53. The topological polar surface area (TPSA) is 85.4 Å². The highest BCUT2D eigenvalue weighted by Crippen LogP contribution is 2.30. The molecule has 0 radical (unpaired) electrons. The zero-order valence-electron chi connectivity index (χ0n) is 18.2. The number of benzene rings is 2. The Bertz CT molecular complexity index is 1150. The first kappa shape index (κ1) is 22.6. The fourth-order valence-corrected chi connectivity index (χ4v) is 4.39. The van der Waals surface area contributed by atoms with Gasteiger partial charge in [-0.3, -0.25) is 0 Å². The third-order valence-electron chi connectivity index (χ3n) is 5.40. The number of primary amides is 1. The molecule has 2 amide bonds. The monoisotopic (exact) mass is 439 g/mol. The van der Waals surface area contributed by atoms with Crippen LogP contribution in [0.15, 0.2) is 65.6 Å². The fourth-order valence-electron chi connectivity index (χ4n) is 3.76. The molecule has 164 valence electrons. The van der Waals surface area contributed by atoms with E-state index >= 15 is 0 Å². The number of hydrogen-bond acceptors (Lipinski definition) is 3. The zero-order valence-corrected chi connectivity index (χ0v) is 19.0. The predicted octanol–water partition coefficient (Wildman–Crippen LogP) is 4.19. The summed E-state index contributed by atoms with van der Waals surface area (Å²) in [6.45, 7) is 5.26. The molecular formula is C24H29N3O3S. The van der Waals surface area contributed by atoms with E-state index in [1.54, 1.807) is 17.0 Å². The maximum absolute atomic E-state index is 11.8. The standard InChI is InChI=1S/C24H29N3O3S/c1-4-15-26(24(25)28)16-14-20-17-23(19-10-12-22(13-11-19)31(3,29)30)27(18(20)2)21-8-6-5-7-9-21/h5-13,17H,4,14-16H2,1-3H3,(H2,25,28). The fraction of sp³-hybridized carbons (Fsp3) is 0.292. The highest BCUT2D eigenvalue weighted by molar-refractivity contribution is 7.90. The molecule has 3 aromatic rings. The van der Waals surface area contributed by atoms with Gasteiger partial charge in [0.2, 0.25) is 0 Å². The van der Waals surface area contributed by atoms with Crippen molar-refractivity contribution in [2.45, 2.75) is 31.6 Å². The molecule has 0 saturated carbocycles. The number of para-hydroxylation sites is 1. The Morgan fingerprint density at radius 3 is 2.23 bits per heavy atom. The Kier molecular flexibility index (Phi) is 6.85. The highest BCUT2D eigenvalue weighted by Gasteiger charge is 2.17. The molecule has 0 saturated heterocycles. The number of sulfone groups is 1. The lowest BCUT2D eigenvalue weighted by Gasteiger charge is -2.19. The first-order valence-corrected chi connectivity index (χ1v) is 12.2. The molecule has 0 spiro atoms. The van der Waals surface area contributed by atoms with Crippen LogP contribution >= 0.6 is 0 Å². The summed E-state index contributed by atoms with van der Waals surface area (Å²) in [4.78, 5) is 13.7. The summed E-state index contributed by atoms with van der Waals surface area (Å²) >= 11 is 0. The first-order valence-electron chi connectivity index (χ1n) is 10.3. The molecule has 2 aromatic carbocycles. The molecule has 0 unspecified atom stereocenters. The van der Waals surface area contributed by atoms with Gasteiger partial charge in [0, 0.05) is 30.7 Å². The van der Waals surface area contributed by atoms with E-state index in [0.717, 1.165) is 34.6 Å². The minimum absolute atomic E-state index is 0.294. The Labute approximate surface area is 184 Å². The summed E-state index contributed by atoms with van der Waals surface area (Å²) in [7, 11) is -3.25. The van der Waals surface area contributed by atoms with Gasteiger partial charge in [-0.05, 0) is 61.2 Å². The molecule has 3 rings (SSSR count). The first-order chi connectivity index (χ1) is 14.7. The lowest BCUT2D eigenvalue weighted by Crippen LogP contribution is -2.37. The average Bonchev–Trinajstić information content (AvgIpc) is 3.07. The van der Waals surface area contributed by atoms with Crippen molar-refractivity contribution >= 4 is 15.9 Å². The van der Waals surface area contributed by atoms with Gasteiger partial charge in [-0.15, -0.1) is 0 Å². The molecule has 0 aliphatic heterocycles. The second kappa shape index (κ2) is 9.39. The van der Waals surface area contributed by atoms with Crippen molar-refractivity contribution < 1.29 is 13.2 Å². The Balaban J connectivity index is 2.04. The number of urea groups is 1. The van der Waals surface area contributed by atoms with Crippen LogP contribution in [0.4, 0.5) is 4.79 Å². The van der Waals surface area contributed by atoms with Crippen molar-refractivity contribution in [2.75, 3.05) is 19.3 Å². The van der Waals surface area contributed by atoms with Crippen molar-refractivity contribution in [1.82, 2.24) is 9.47 Å². The summed E-state index contributed by atoms with van der Waals surface area (Å²) < 4.78 is 25.8. The van der Waals surface area contributed by atoms with E-state index in [1.807, 2.05) is 49.4 Å². The molecule has 0 aliphatic carbocycles. The van der Waals surface area contributed by atoms with E-state index in [-0.39, 0.29) is 0 Å². The maximum atomic E-state index is 11.8. The van der Waals surface area contributed by atoms with Crippen molar-refractivity contribution in [1.29, 1.82) is 0 Å². The van der Waals surface area contributed by atoms with E-state index < -0.39 is 15.9 Å². The summed E-state index contributed by atoms with van der Waals surface area (Å²) in [5, 5.41) is 0. The van der Waals surface area contributed by atoms with Crippen molar-refractivity contribution in [3.63, 3.8) is 0 Å². The van der Waals surface area contributed by atoms with E-state index in [0.29, 0.717) is 24.4 Å².